The molecule has 5 rings (SSSR count). The number of likely N-dealkylation sites (tertiary alicyclic amines) is 1. The number of hydrogen-bond donors (Lipinski definition) is 1. The first-order chi connectivity index (χ1) is 20.0. The molecular weight excluding hydrogens is 584 g/mol. The van der Waals surface area contributed by atoms with Crippen LogP contribution < -0.4 is 5.32 Å². The van der Waals surface area contributed by atoms with Crippen LogP contribution in [0.4, 0.5) is 36.8 Å². The van der Waals surface area contributed by atoms with E-state index in [2.05, 4.69) is 5.32 Å². The van der Waals surface area contributed by atoms with Crippen LogP contribution in [0.1, 0.15) is 91.8 Å². The van der Waals surface area contributed by atoms with Crippen LogP contribution in [-0.2, 0) is 21.8 Å². The van der Waals surface area contributed by atoms with Gasteiger partial charge in [-0.25, -0.2) is 9.78 Å². The molecular formula is C29H35F6N3O3S. The number of benzene rings is 1. The molecule has 6 nitrogen and oxygen atoms in total. The van der Waals surface area contributed by atoms with Gasteiger partial charge >= 0.3 is 18.4 Å². The first-order valence-corrected chi connectivity index (χ1v) is 15.4. The van der Waals surface area contributed by atoms with Gasteiger partial charge in [0.1, 0.15) is 5.69 Å². The third kappa shape index (κ3) is 7.57. The molecule has 0 spiro atoms. The van der Waals surface area contributed by atoms with Crippen molar-refractivity contribution in [1.82, 2.24) is 9.88 Å². The number of hydrogen-bond acceptors (Lipinski definition) is 5. The van der Waals surface area contributed by atoms with Crippen LogP contribution in [0.3, 0.4) is 0 Å². The van der Waals surface area contributed by atoms with Crippen molar-refractivity contribution in [3.05, 3.63) is 45.4 Å². The zero-order chi connectivity index (χ0) is 29.9. The Hall–Kier alpha value is -2.38. The quantitative estimate of drug-likeness (QED) is 0.350. The summed E-state index contributed by atoms with van der Waals surface area (Å²) < 4.78 is 92.0. The van der Waals surface area contributed by atoms with Crippen molar-refractivity contribution in [3.8, 4) is 0 Å². The summed E-state index contributed by atoms with van der Waals surface area (Å²) in [5.74, 6) is 1.02. The summed E-state index contributed by atoms with van der Waals surface area (Å²) in [7, 11) is 0. The molecule has 3 aliphatic rings. The summed E-state index contributed by atoms with van der Waals surface area (Å²) in [6.45, 7) is 1.76. The van der Waals surface area contributed by atoms with Crippen LogP contribution >= 0.6 is 11.3 Å². The average Bonchev–Trinajstić information content (AvgIpc) is 3.39. The molecule has 2 unspecified atom stereocenters. The Labute approximate surface area is 244 Å². The molecule has 0 bridgehead atoms. The minimum absolute atomic E-state index is 0.0382. The molecule has 232 valence electrons. The van der Waals surface area contributed by atoms with Gasteiger partial charge in [0.25, 0.3) is 0 Å². The Morgan fingerprint density at radius 2 is 1.50 bits per heavy atom. The van der Waals surface area contributed by atoms with Gasteiger partial charge in [0.05, 0.1) is 35.0 Å². The van der Waals surface area contributed by atoms with Crippen molar-refractivity contribution in [1.29, 1.82) is 0 Å². The summed E-state index contributed by atoms with van der Waals surface area (Å²) >= 11 is 1.49. The van der Waals surface area contributed by atoms with E-state index in [-0.39, 0.29) is 19.0 Å². The van der Waals surface area contributed by atoms with Crippen LogP contribution in [0, 0.1) is 11.8 Å². The molecule has 1 aromatic carbocycles. The topological polar surface area (TPSA) is 63.7 Å². The second-order valence-corrected chi connectivity index (χ2v) is 12.3. The highest BCUT2D eigenvalue weighted by atomic mass is 32.1. The fraction of sp³-hybridized carbons (Fsp3) is 0.655. The Bertz CT molecular complexity index is 1190. The minimum atomic E-state index is -4.93. The zero-order valence-electron chi connectivity index (χ0n) is 23.1. The number of ether oxygens (including phenoxy) is 2. The SMILES string of the molecule is O=C(Nc1cc(C(F)(F)F)ccc1C(F)(F)F)N1CCC(c2nc(C3OCC4CCCCCCCC4CO3)cs2)CC1. The highest BCUT2D eigenvalue weighted by Crippen LogP contribution is 2.40. The van der Waals surface area contributed by atoms with Crippen LogP contribution in [0.15, 0.2) is 23.6 Å². The number of nitrogens with zero attached hydrogens (tertiary/aromatic N) is 2. The highest BCUT2D eigenvalue weighted by Gasteiger charge is 2.38. The zero-order valence-corrected chi connectivity index (χ0v) is 23.9. The molecule has 1 N–H and O–H groups in total. The third-order valence-corrected chi connectivity index (χ3v) is 9.57. The number of alkyl halides is 6. The number of carbonyl (C=O) groups excluding carboxylic acids is 1. The first kappa shape index (κ1) is 31.1. The van der Waals surface area contributed by atoms with Crippen molar-refractivity contribution in [2.24, 2.45) is 11.8 Å². The number of halogens is 6. The van der Waals surface area contributed by atoms with E-state index < -0.39 is 41.5 Å². The summed E-state index contributed by atoms with van der Waals surface area (Å²) in [5, 5.41) is 4.87. The Balaban J connectivity index is 1.17. The third-order valence-electron chi connectivity index (χ3n) is 8.55. The first-order valence-electron chi connectivity index (χ1n) is 14.5. The van der Waals surface area contributed by atoms with Gasteiger partial charge in [-0.1, -0.05) is 32.1 Å². The van der Waals surface area contributed by atoms with Crippen molar-refractivity contribution >= 4 is 23.1 Å². The molecule has 2 saturated heterocycles. The maximum Gasteiger partial charge on any atom is 0.418 e. The lowest BCUT2D eigenvalue weighted by Crippen LogP contribution is -2.40. The standard InChI is InChI=1S/C29H35F6N3O3S/c30-28(31,32)21-8-9-22(29(33,34)35)23(14-21)37-27(39)38-12-10-18(11-13-38)25-36-24(17-42-25)26-40-15-19-6-4-2-1-3-5-7-20(19)16-41-26/h8-9,14,17-20,26H,1-7,10-13,15-16H2,(H,37,39). The number of nitrogens with one attached hydrogen (secondary N) is 1. The summed E-state index contributed by atoms with van der Waals surface area (Å²) in [6.07, 6.45) is -0.687. The van der Waals surface area contributed by atoms with Crippen molar-refractivity contribution in [3.63, 3.8) is 0 Å². The van der Waals surface area contributed by atoms with Gasteiger partial charge in [0, 0.05) is 24.4 Å². The number of piperidine rings is 1. The lowest BCUT2D eigenvalue weighted by molar-refractivity contribution is -0.140. The number of urea groups is 1. The molecule has 3 fully saturated rings. The van der Waals surface area contributed by atoms with E-state index in [9.17, 15) is 31.1 Å². The monoisotopic (exact) mass is 619 g/mol. The fourth-order valence-electron chi connectivity index (χ4n) is 6.09. The van der Waals surface area contributed by atoms with Gasteiger partial charge in [-0.15, -0.1) is 11.3 Å². The van der Waals surface area contributed by atoms with Crippen LogP contribution in [0.5, 0.6) is 0 Å². The van der Waals surface area contributed by atoms with Crippen LogP contribution in [0.2, 0.25) is 0 Å². The fourth-order valence-corrected chi connectivity index (χ4v) is 7.08. The van der Waals surface area contributed by atoms with E-state index >= 15 is 0 Å². The lowest BCUT2D eigenvalue weighted by Gasteiger charge is -2.31. The van der Waals surface area contributed by atoms with Crippen molar-refractivity contribution < 1.29 is 40.6 Å². The van der Waals surface area contributed by atoms with E-state index in [0.717, 1.165) is 23.5 Å². The number of rotatable bonds is 3. The molecule has 1 saturated carbocycles. The van der Waals surface area contributed by atoms with Gasteiger partial charge in [-0.3, -0.25) is 0 Å². The van der Waals surface area contributed by atoms with E-state index in [0.29, 0.717) is 56.1 Å². The largest absolute Gasteiger partial charge is 0.418 e. The normalized spacial score (nSPS) is 25.1. The molecule has 13 heteroatoms. The average molecular weight is 620 g/mol. The number of anilines is 1. The van der Waals surface area contributed by atoms with Gasteiger partial charge < -0.3 is 19.7 Å². The summed E-state index contributed by atoms with van der Waals surface area (Å²) in [5.41, 5.74) is -2.80. The maximum absolute atomic E-state index is 13.4. The minimum Gasteiger partial charge on any atom is -0.347 e. The second kappa shape index (κ2) is 13.1. The van der Waals surface area contributed by atoms with Gasteiger partial charge in [0.15, 0.2) is 0 Å². The number of carbonyl (C=O) groups is 1. The van der Waals surface area contributed by atoms with E-state index in [1.165, 1.54) is 48.3 Å². The number of amides is 2. The van der Waals surface area contributed by atoms with Crippen molar-refractivity contribution in [2.75, 3.05) is 31.6 Å². The molecule has 2 aromatic rings. The smallest absolute Gasteiger partial charge is 0.347 e. The van der Waals surface area contributed by atoms with E-state index in [1.807, 2.05) is 5.38 Å². The Morgan fingerprint density at radius 3 is 2.10 bits per heavy atom. The molecule has 2 atom stereocenters. The highest BCUT2D eigenvalue weighted by molar-refractivity contribution is 7.09. The van der Waals surface area contributed by atoms with E-state index in [1.54, 1.807) is 0 Å². The van der Waals surface area contributed by atoms with E-state index in [4.69, 9.17) is 14.5 Å². The number of thiazole rings is 1. The lowest BCUT2D eigenvalue weighted by atomic mass is 9.86. The number of fused-ring (bicyclic) bond motifs is 1. The van der Waals surface area contributed by atoms with Gasteiger partial charge in [-0.05, 0) is 55.7 Å². The second-order valence-electron chi connectivity index (χ2n) is 11.4. The molecule has 1 aromatic heterocycles. The van der Waals surface area contributed by atoms with Crippen LogP contribution in [0.25, 0.3) is 0 Å². The summed E-state index contributed by atoms with van der Waals surface area (Å²) in [6, 6.07) is 0.141. The molecule has 0 radical (unpaired) electrons. The van der Waals surface area contributed by atoms with Crippen molar-refractivity contribution in [2.45, 2.75) is 82.3 Å². The molecule has 2 amide bonds. The maximum atomic E-state index is 13.4. The van der Waals surface area contributed by atoms with Crippen LogP contribution in [-0.4, -0.2) is 42.2 Å². The molecule has 42 heavy (non-hydrogen) atoms. The molecule has 3 heterocycles. The predicted molar refractivity (Wildman–Crippen MR) is 145 cm³/mol. The Kier molecular flexibility index (Phi) is 9.68. The molecule has 2 aliphatic heterocycles. The molecule has 1 aliphatic carbocycles. The predicted octanol–water partition coefficient (Wildman–Crippen LogP) is 8.61. The number of aromatic nitrogens is 1. The van der Waals surface area contributed by atoms with Gasteiger partial charge in [0.2, 0.25) is 6.29 Å². The van der Waals surface area contributed by atoms with Gasteiger partial charge in [-0.2, -0.15) is 26.3 Å². The summed E-state index contributed by atoms with van der Waals surface area (Å²) in [4.78, 5) is 18.9. The Morgan fingerprint density at radius 1 is 0.881 bits per heavy atom.